The highest BCUT2D eigenvalue weighted by Gasteiger charge is 2.33. The molecule has 0 saturated heterocycles. The van der Waals surface area contributed by atoms with Gasteiger partial charge >= 0.3 is 0 Å². The highest BCUT2D eigenvalue weighted by molar-refractivity contribution is 9.10. The first-order chi connectivity index (χ1) is 19.5. The number of hydrogen-bond donors (Lipinski definition) is 1. The first-order valence-corrected chi connectivity index (χ1v) is 15.6. The number of halogens is 3. The highest BCUT2D eigenvalue weighted by Crippen LogP contribution is 2.32. The van der Waals surface area contributed by atoms with Gasteiger partial charge < -0.3 is 15.0 Å². The lowest BCUT2D eigenvalue weighted by Gasteiger charge is -2.32. The summed E-state index contributed by atoms with van der Waals surface area (Å²) in [5, 5.41) is 4.15. The Morgan fingerprint density at radius 1 is 1.02 bits per heavy atom. The molecule has 1 unspecified atom stereocenters. The summed E-state index contributed by atoms with van der Waals surface area (Å²) < 4.78 is 6.79. The standard InChI is InChI=1S/C33H37BrCl2N2O3/c1-33(2,3)24-14-16-30(27(34)18-24)41-21-31(39)38(20-23-13-15-25(35)19-28(23)36)29(17-22-9-5-4-6-10-22)32(40)37-26-11-7-8-12-26/h4-6,9-10,13-16,18-19,26,29H,7-8,11-12,17,20-21H2,1-3H3,(H,37,40). The molecule has 1 aliphatic rings. The molecule has 0 aromatic heterocycles. The molecule has 1 fully saturated rings. The molecule has 5 nitrogen and oxygen atoms in total. The average molecular weight is 660 g/mol. The van der Waals surface area contributed by atoms with Gasteiger partial charge in [0, 0.05) is 29.1 Å². The van der Waals surface area contributed by atoms with Gasteiger partial charge in [0.25, 0.3) is 5.91 Å². The van der Waals surface area contributed by atoms with Crippen LogP contribution in [0.15, 0.2) is 71.2 Å². The quantitative estimate of drug-likeness (QED) is 0.239. The van der Waals surface area contributed by atoms with E-state index in [1.165, 1.54) is 0 Å². The molecule has 0 aliphatic heterocycles. The van der Waals surface area contributed by atoms with Crippen molar-refractivity contribution in [2.75, 3.05) is 6.61 Å². The van der Waals surface area contributed by atoms with Crippen LogP contribution in [0.3, 0.4) is 0 Å². The van der Waals surface area contributed by atoms with Crippen molar-refractivity contribution in [2.45, 2.75) is 76.9 Å². The number of rotatable bonds is 10. The Morgan fingerprint density at radius 3 is 2.37 bits per heavy atom. The van der Waals surface area contributed by atoms with Crippen LogP contribution in [-0.4, -0.2) is 35.4 Å². The fourth-order valence-electron chi connectivity index (χ4n) is 5.06. The maximum atomic E-state index is 13.9. The molecule has 2 amide bonds. The van der Waals surface area contributed by atoms with E-state index in [-0.39, 0.29) is 36.4 Å². The lowest BCUT2D eigenvalue weighted by Crippen LogP contribution is -2.53. The van der Waals surface area contributed by atoms with Crippen molar-refractivity contribution in [3.8, 4) is 5.75 Å². The smallest absolute Gasteiger partial charge is 0.261 e. The second-order valence-corrected chi connectivity index (χ2v) is 13.3. The number of nitrogens with one attached hydrogen (secondary N) is 1. The first kappa shape index (κ1) is 31.4. The van der Waals surface area contributed by atoms with Gasteiger partial charge in [0.15, 0.2) is 6.61 Å². The van der Waals surface area contributed by atoms with E-state index in [0.717, 1.165) is 41.3 Å². The second kappa shape index (κ2) is 14.1. The Hall–Kier alpha value is -2.54. The summed E-state index contributed by atoms with van der Waals surface area (Å²) in [5.74, 6) is 0.0751. The maximum absolute atomic E-state index is 13.9. The van der Waals surface area contributed by atoms with Crippen molar-refractivity contribution in [1.82, 2.24) is 10.2 Å². The third-order valence-corrected chi connectivity index (χ3v) is 8.68. The van der Waals surface area contributed by atoms with Gasteiger partial charge in [0.2, 0.25) is 5.91 Å². The number of nitrogens with zero attached hydrogens (tertiary/aromatic N) is 1. The van der Waals surface area contributed by atoms with E-state index in [4.69, 9.17) is 27.9 Å². The van der Waals surface area contributed by atoms with E-state index in [1.807, 2.05) is 48.5 Å². The molecule has 0 radical (unpaired) electrons. The van der Waals surface area contributed by atoms with Gasteiger partial charge in [-0.05, 0) is 75.1 Å². The third kappa shape index (κ3) is 8.73. The first-order valence-electron chi connectivity index (χ1n) is 14.0. The van der Waals surface area contributed by atoms with Crippen molar-refractivity contribution in [1.29, 1.82) is 0 Å². The number of carbonyl (C=O) groups excluding carboxylic acids is 2. The normalized spacial score (nSPS) is 14.5. The molecule has 3 aromatic rings. The molecule has 0 heterocycles. The van der Waals surface area contributed by atoms with Crippen LogP contribution in [0.25, 0.3) is 0 Å². The molecule has 0 bridgehead atoms. The summed E-state index contributed by atoms with van der Waals surface area (Å²) in [6, 6.07) is 20.2. The fraction of sp³-hybridized carbons (Fsp3) is 0.394. The molecule has 4 rings (SSSR count). The summed E-state index contributed by atoms with van der Waals surface area (Å²) in [7, 11) is 0. The molecule has 1 saturated carbocycles. The zero-order valence-corrected chi connectivity index (χ0v) is 26.9. The molecule has 218 valence electrons. The van der Waals surface area contributed by atoms with Crippen molar-refractivity contribution < 1.29 is 14.3 Å². The molecule has 1 atom stereocenters. The molecule has 8 heteroatoms. The Bertz CT molecular complexity index is 1350. The average Bonchev–Trinajstić information content (AvgIpc) is 3.44. The summed E-state index contributed by atoms with van der Waals surface area (Å²) in [6.07, 6.45) is 4.44. The highest BCUT2D eigenvalue weighted by atomic mass is 79.9. The summed E-state index contributed by atoms with van der Waals surface area (Å²) in [6.45, 7) is 6.32. The van der Waals surface area contributed by atoms with Crippen LogP contribution in [0.1, 0.15) is 63.1 Å². The summed E-state index contributed by atoms with van der Waals surface area (Å²) in [5.41, 5.74) is 2.78. The van der Waals surface area contributed by atoms with Crippen molar-refractivity contribution in [3.05, 3.63) is 97.9 Å². The molecule has 1 aliphatic carbocycles. The molecule has 41 heavy (non-hydrogen) atoms. The van der Waals surface area contributed by atoms with Crippen molar-refractivity contribution >= 4 is 50.9 Å². The van der Waals surface area contributed by atoms with Gasteiger partial charge in [-0.25, -0.2) is 0 Å². The van der Waals surface area contributed by atoms with Crippen LogP contribution in [-0.2, 0) is 28.0 Å². The van der Waals surface area contributed by atoms with Crippen molar-refractivity contribution in [2.24, 2.45) is 0 Å². The predicted molar refractivity (Wildman–Crippen MR) is 170 cm³/mol. The lowest BCUT2D eigenvalue weighted by molar-refractivity contribution is -0.143. The van der Waals surface area contributed by atoms with E-state index in [9.17, 15) is 9.59 Å². The minimum absolute atomic E-state index is 0.0249. The van der Waals surface area contributed by atoms with Gasteiger partial charge in [-0.1, -0.05) is 99.3 Å². The monoisotopic (exact) mass is 658 g/mol. The van der Waals surface area contributed by atoms with Gasteiger partial charge in [-0.3, -0.25) is 9.59 Å². The van der Waals surface area contributed by atoms with Crippen molar-refractivity contribution in [3.63, 3.8) is 0 Å². The Balaban J connectivity index is 1.63. The van der Waals surface area contributed by atoms with Crippen LogP contribution in [0.4, 0.5) is 0 Å². The molecular formula is C33H37BrCl2N2O3. The SMILES string of the molecule is CC(C)(C)c1ccc(OCC(=O)N(Cc2ccc(Cl)cc2Cl)C(Cc2ccccc2)C(=O)NC2CCCC2)c(Br)c1. The maximum Gasteiger partial charge on any atom is 0.261 e. The summed E-state index contributed by atoms with van der Waals surface area (Å²) >= 11 is 16.3. The lowest BCUT2D eigenvalue weighted by atomic mass is 9.87. The third-order valence-electron chi connectivity index (χ3n) is 7.48. The number of ether oxygens (including phenoxy) is 1. The summed E-state index contributed by atoms with van der Waals surface area (Å²) in [4.78, 5) is 29.4. The van der Waals surface area contributed by atoms with Crippen LogP contribution in [0, 0.1) is 0 Å². The zero-order valence-electron chi connectivity index (χ0n) is 23.8. The second-order valence-electron chi connectivity index (χ2n) is 11.6. The molecule has 3 aromatic carbocycles. The predicted octanol–water partition coefficient (Wildman–Crippen LogP) is 8.13. The van der Waals surface area contributed by atoms with Gasteiger partial charge in [-0.2, -0.15) is 0 Å². The Labute approximate surface area is 261 Å². The topological polar surface area (TPSA) is 58.6 Å². The van der Waals surface area contributed by atoms with E-state index in [2.05, 4.69) is 42.0 Å². The van der Waals surface area contributed by atoms with Gasteiger partial charge in [-0.15, -0.1) is 0 Å². The van der Waals surface area contributed by atoms with Crippen LogP contribution in [0.2, 0.25) is 10.0 Å². The van der Waals surface area contributed by atoms with Gasteiger partial charge in [0.1, 0.15) is 11.8 Å². The Morgan fingerprint density at radius 2 is 1.73 bits per heavy atom. The van der Waals surface area contributed by atoms with Crippen LogP contribution < -0.4 is 10.1 Å². The number of benzene rings is 3. The fourth-order valence-corrected chi connectivity index (χ4v) is 6.02. The number of carbonyl (C=O) groups is 2. The minimum Gasteiger partial charge on any atom is -0.483 e. The molecule has 0 spiro atoms. The zero-order chi connectivity index (χ0) is 29.6. The number of amides is 2. The van der Waals surface area contributed by atoms with E-state index in [1.54, 1.807) is 23.1 Å². The molecular weight excluding hydrogens is 623 g/mol. The molecule has 1 N–H and O–H groups in total. The van der Waals surface area contributed by atoms with Crippen LogP contribution in [0.5, 0.6) is 5.75 Å². The minimum atomic E-state index is -0.757. The van der Waals surface area contributed by atoms with E-state index < -0.39 is 6.04 Å². The van der Waals surface area contributed by atoms with Gasteiger partial charge in [0.05, 0.1) is 4.47 Å². The van der Waals surface area contributed by atoms with Crippen LogP contribution >= 0.6 is 39.1 Å². The van der Waals surface area contributed by atoms with E-state index in [0.29, 0.717) is 27.8 Å². The Kier molecular flexibility index (Phi) is 10.8. The largest absolute Gasteiger partial charge is 0.483 e. The van der Waals surface area contributed by atoms with E-state index >= 15 is 0 Å². The number of hydrogen-bond acceptors (Lipinski definition) is 3.